The number of hydrogen-bond donors (Lipinski definition) is 1. The van der Waals surface area contributed by atoms with Gasteiger partial charge < -0.3 is 5.11 Å². The Morgan fingerprint density at radius 3 is 2.32 bits per heavy atom. The molecule has 0 aromatic heterocycles. The van der Waals surface area contributed by atoms with Crippen LogP contribution in [0.25, 0.3) is 0 Å². The molecule has 0 radical (unpaired) electrons. The summed E-state index contributed by atoms with van der Waals surface area (Å²) in [5.41, 5.74) is -0.353. The van der Waals surface area contributed by atoms with E-state index < -0.39 is 5.60 Å². The average Bonchev–Trinajstić information content (AvgIpc) is 2.75. The number of ketones is 1. The van der Waals surface area contributed by atoms with Gasteiger partial charge >= 0.3 is 0 Å². The van der Waals surface area contributed by atoms with Crippen molar-refractivity contribution in [3.05, 3.63) is 0 Å². The predicted molar refractivity (Wildman–Crippen MR) is 101 cm³/mol. The van der Waals surface area contributed by atoms with Gasteiger partial charge in [0.1, 0.15) is 5.78 Å². The molecule has 0 amide bonds. The standard InChI is InChI=1S/C23H38O2/c1-14-12-20-19-7-6-16-13-21(3,25)10-8-17(16)18(19)9-11-22(20,4)23(14,5)15(2)24/h14,16-20,25H,6-13H2,1-5H3/t14-,16-,17+,18-,19-,20+,21-,22+,23-/m1/s1. The maximum atomic E-state index is 12.7. The topological polar surface area (TPSA) is 37.3 Å². The Hall–Kier alpha value is -0.370. The molecular weight excluding hydrogens is 308 g/mol. The number of fused-ring (bicyclic) bond motifs is 5. The van der Waals surface area contributed by atoms with Gasteiger partial charge in [0.25, 0.3) is 0 Å². The van der Waals surface area contributed by atoms with Crippen LogP contribution in [0.15, 0.2) is 0 Å². The Labute approximate surface area is 154 Å². The first-order chi connectivity index (χ1) is 11.6. The molecule has 9 atom stereocenters. The number of hydrogen-bond acceptors (Lipinski definition) is 2. The van der Waals surface area contributed by atoms with Gasteiger partial charge in [0.2, 0.25) is 0 Å². The summed E-state index contributed by atoms with van der Waals surface area (Å²) in [6.07, 6.45) is 9.67. The molecule has 0 heterocycles. The van der Waals surface area contributed by atoms with Crippen LogP contribution in [0.1, 0.15) is 86.0 Å². The lowest BCUT2D eigenvalue weighted by Gasteiger charge is -2.58. The molecule has 0 aromatic carbocycles. The largest absolute Gasteiger partial charge is 0.390 e. The molecule has 25 heavy (non-hydrogen) atoms. The number of aliphatic hydroxyl groups is 1. The van der Waals surface area contributed by atoms with E-state index in [4.69, 9.17) is 0 Å². The molecule has 1 N–H and O–H groups in total. The maximum absolute atomic E-state index is 12.7. The van der Waals surface area contributed by atoms with E-state index in [1.807, 2.05) is 13.8 Å². The van der Waals surface area contributed by atoms with Crippen LogP contribution in [0.5, 0.6) is 0 Å². The fraction of sp³-hybridized carbons (Fsp3) is 0.957. The summed E-state index contributed by atoms with van der Waals surface area (Å²) in [6, 6.07) is 0. The summed E-state index contributed by atoms with van der Waals surface area (Å²) in [5.74, 6) is 4.93. The van der Waals surface area contributed by atoms with Crippen molar-refractivity contribution < 1.29 is 9.90 Å². The molecular formula is C23H38O2. The van der Waals surface area contributed by atoms with Crippen LogP contribution < -0.4 is 0 Å². The van der Waals surface area contributed by atoms with E-state index in [1.165, 1.54) is 38.5 Å². The van der Waals surface area contributed by atoms with E-state index in [-0.39, 0.29) is 10.8 Å². The molecule has 2 nitrogen and oxygen atoms in total. The number of rotatable bonds is 1. The lowest BCUT2D eigenvalue weighted by molar-refractivity contribution is -0.144. The first-order valence-corrected chi connectivity index (χ1v) is 10.8. The molecule has 0 aromatic rings. The average molecular weight is 347 g/mol. The molecule has 4 rings (SSSR count). The SMILES string of the molecule is CC(=O)[C@@]1(C)[C@H](C)C[C@H]2[C@@H]3CC[C@@H]4C[C@](C)(O)CC[C@@H]4[C@H]3CC[C@@]21C. The van der Waals surface area contributed by atoms with Crippen LogP contribution in [0.3, 0.4) is 0 Å². The second kappa shape index (κ2) is 5.57. The minimum absolute atomic E-state index is 0.129. The van der Waals surface area contributed by atoms with Gasteiger partial charge in [-0.25, -0.2) is 0 Å². The highest BCUT2D eigenvalue weighted by Gasteiger charge is 2.65. The van der Waals surface area contributed by atoms with E-state index >= 15 is 0 Å². The Morgan fingerprint density at radius 1 is 0.960 bits per heavy atom. The van der Waals surface area contributed by atoms with Gasteiger partial charge in [0.15, 0.2) is 0 Å². The first kappa shape index (κ1) is 18.0. The molecule has 4 aliphatic carbocycles. The molecule has 0 spiro atoms. The Morgan fingerprint density at radius 2 is 1.64 bits per heavy atom. The lowest BCUT2D eigenvalue weighted by Crippen LogP contribution is -2.53. The summed E-state index contributed by atoms with van der Waals surface area (Å²) in [5, 5.41) is 10.5. The summed E-state index contributed by atoms with van der Waals surface area (Å²) in [6.45, 7) is 11.0. The van der Waals surface area contributed by atoms with Crippen LogP contribution in [0.4, 0.5) is 0 Å². The minimum Gasteiger partial charge on any atom is -0.390 e. The van der Waals surface area contributed by atoms with Crippen molar-refractivity contribution in [2.75, 3.05) is 0 Å². The zero-order valence-corrected chi connectivity index (χ0v) is 17.0. The molecule has 4 aliphatic rings. The van der Waals surface area contributed by atoms with Crippen molar-refractivity contribution >= 4 is 5.78 Å². The van der Waals surface area contributed by atoms with Gasteiger partial charge in [-0.2, -0.15) is 0 Å². The van der Waals surface area contributed by atoms with Crippen LogP contribution in [-0.4, -0.2) is 16.5 Å². The molecule has 0 bridgehead atoms. The van der Waals surface area contributed by atoms with Gasteiger partial charge in [0, 0.05) is 5.41 Å². The molecule has 142 valence electrons. The fourth-order valence-corrected chi connectivity index (χ4v) is 8.41. The fourth-order valence-electron chi connectivity index (χ4n) is 8.41. The summed E-state index contributed by atoms with van der Waals surface area (Å²) in [7, 11) is 0. The number of carbonyl (C=O) groups excluding carboxylic acids is 1. The Kier molecular flexibility index (Phi) is 4.01. The third-order valence-corrected chi connectivity index (χ3v) is 10.1. The quantitative estimate of drug-likeness (QED) is 0.706. The van der Waals surface area contributed by atoms with Crippen molar-refractivity contribution in [2.45, 2.75) is 91.6 Å². The van der Waals surface area contributed by atoms with Crippen molar-refractivity contribution in [3.8, 4) is 0 Å². The van der Waals surface area contributed by atoms with Crippen LogP contribution in [0, 0.1) is 46.3 Å². The van der Waals surface area contributed by atoms with E-state index in [2.05, 4.69) is 20.8 Å². The smallest absolute Gasteiger partial charge is 0.136 e. The highest BCUT2D eigenvalue weighted by Crippen LogP contribution is 2.70. The molecule has 0 unspecified atom stereocenters. The monoisotopic (exact) mass is 346 g/mol. The van der Waals surface area contributed by atoms with Gasteiger partial charge in [0.05, 0.1) is 5.60 Å². The van der Waals surface area contributed by atoms with E-state index in [0.29, 0.717) is 11.7 Å². The summed E-state index contributed by atoms with van der Waals surface area (Å²) >= 11 is 0. The Balaban J connectivity index is 1.62. The van der Waals surface area contributed by atoms with Gasteiger partial charge in [-0.3, -0.25) is 4.79 Å². The zero-order chi connectivity index (χ0) is 18.2. The van der Waals surface area contributed by atoms with Crippen molar-refractivity contribution in [1.82, 2.24) is 0 Å². The van der Waals surface area contributed by atoms with Gasteiger partial charge in [-0.1, -0.05) is 20.8 Å². The van der Waals surface area contributed by atoms with Crippen molar-refractivity contribution in [3.63, 3.8) is 0 Å². The second-order valence-corrected chi connectivity index (χ2v) is 11.0. The first-order valence-electron chi connectivity index (χ1n) is 10.8. The summed E-state index contributed by atoms with van der Waals surface area (Å²) < 4.78 is 0. The lowest BCUT2D eigenvalue weighted by atomic mass is 9.46. The summed E-state index contributed by atoms with van der Waals surface area (Å²) in [4.78, 5) is 12.7. The maximum Gasteiger partial charge on any atom is 0.136 e. The van der Waals surface area contributed by atoms with Crippen molar-refractivity contribution in [1.29, 1.82) is 0 Å². The van der Waals surface area contributed by atoms with Gasteiger partial charge in [-0.05, 0) is 106 Å². The van der Waals surface area contributed by atoms with E-state index in [9.17, 15) is 9.90 Å². The third kappa shape index (κ3) is 2.35. The molecule has 4 fully saturated rings. The Bertz CT molecular complexity index is 566. The highest BCUT2D eigenvalue weighted by atomic mass is 16.3. The van der Waals surface area contributed by atoms with Crippen LogP contribution >= 0.6 is 0 Å². The predicted octanol–water partition coefficient (Wildman–Crippen LogP) is 5.23. The van der Waals surface area contributed by atoms with Crippen LogP contribution in [-0.2, 0) is 4.79 Å². The molecule has 0 aliphatic heterocycles. The minimum atomic E-state index is -0.424. The second-order valence-electron chi connectivity index (χ2n) is 11.0. The van der Waals surface area contributed by atoms with E-state index in [0.717, 1.165) is 42.4 Å². The molecule has 2 heteroatoms. The van der Waals surface area contributed by atoms with E-state index in [1.54, 1.807) is 0 Å². The molecule has 4 saturated carbocycles. The molecule has 0 saturated heterocycles. The normalized spacial score (nSPS) is 58.2. The zero-order valence-electron chi connectivity index (χ0n) is 17.0. The number of Topliss-reactive ketones (excluding diaryl/α,β-unsaturated/α-hetero) is 1. The van der Waals surface area contributed by atoms with Gasteiger partial charge in [-0.15, -0.1) is 0 Å². The number of carbonyl (C=O) groups is 1. The third-order valence-electron chi connectivity index (χ3n) is 10.1. The van der Waals surface area contributed by atoms with Crippen LogP contribution in [0.2, 0.25) is 0 Å². The van der Waals surface area contributed by atoms with Crippen molar-refractivity contribution in [2.24, 2.45) is 46.3 Å². The highest BCUT2D eigenvalue weighted by molar-refractivity contribution is 5.83.